The van der Waals surface area contributed by atoms with Crippen molar-refractivity contribution in [1.29, 1.82) is 0 Å². The van der Waals surface area contributed by atoms with Gasteiger partial charge in [-0.25, -0.2) is 5.48 Å². The molecule has 0 heterocycles. The zero-order valence-electron chi connectivity index (χ0n) is 14.3. The molecule has 0 unspecified atom stereocenters. The van der Waals surface area contributed by atoms with Crippen LogP contribution < -0.4 is 16.1 Å². The lowest BCUT2D eigenvalue weighted by Crippen LogP contribution is -2.52. The van der Waals surface area contributed by atoms with Crippen LogP contribution in [0, 0.1) is 0 Å². The van der Waals surface area contributed by atoms with Crippen LogP contribution in [0.4, 0.5) is 0 Å². The normalized spacial score (nSPS) is 11.8. The molecule has 132 valence electrons. The van der Waals surface area contributed by atoms with E-state index in [1.54, 1.807) is 17.6 Å². The average molecular weight is 341 g/mol. The summed E-state index contributed by atoms with van der Waals surface area (Å²) in [7, 11) is 0. The fourth-order valence-corrected chi connectivity index (χ4v) is 2.33. The Morgan fingerprint density at radius 3 is 2.12 bits per heavy atom. The van der Waals surface area contributed by atoms with Gasteiger partial charge in [-0.3, -0.25) is 14.8 Å². The highest BCUT2D eigenvalue weighted by atomic mass is 16.5. The lowest BCUT2D eigenvalue weighted by Gasteiger charge is -2.19. The topological polar surface area (TPSA) is 90.5 Å². The van der Waals surface area contributed by atoms with Crippen LogP contribution in [-0.2, 0) is 4.79 Å². The van der Waals surface area contributed by atoms with Crippen molar-refractivity contribution in [2.45, 2.75) is 25.9 Å². The Kier molecular flexibility index (Phi) is 6.68. The molecule has 0 saturated carbocycles. The Morgan fingerprint density at radius 1 is 0.960 bits per heavy atom. The fraction of sp³-hybridized carbons (Fsp3) is 0.263. The molecule has 0 saturated heterocycles. The second kappa shape index (κ2) is 8.96. The summed E-state index contributed by atoms with van der Waals surface area (Å²) in [5, 5.41) is 14.5. The quantitative estimate of drug-likeness (QED) is 0.458. The molecule has 1 atom stereocenters. The Labute approximate surface area is 147 Å². The number of carbonyl (C=O) groups excluding carboxylic acids is 2. The number of hydrogen-bond donors (Lipinski definition) is 4. The van der Waals surface area contributed by atoms with Gasteiger partial charge in [0.05, 0.1) is 0 Å². The van der Waals surface area contributed by atoms with Gasteiger partial charge in [0, 0.05) is 18.2 Å². The third kappa shape index (κ3) is 5.41. The van der Waals surface area contributed by atoms with Gasteiger partial charge < -0.3 is 10.6 Å². The molecule has 4 N–H and O–H groups in total. The van der Waals surface area contributed by atoms with Crippen LogP contribution in [0.3, 0.4) is 0 Å². The van der Waals surface area contributed by atoms with Crippen molar-refractivity contribution in [3.63, 3.8) is 0 Å². The molecule has 2 amide bonds. The Balaban J connectivity index is 2.06. The number of benzene rings is 2. The number of amides is 2. The van der Waals surface area contributed by atoms with E-state index in [-0.39, 0.29) is 18.5 Å². The van der Waals surface area contributed by atoms with Crippen molar-refractivity contribution in [2.75, 3.05) is 6.54 Å². The maximum absolute atomic E-state index is 12.4. The molecular weight excluding hydrogens is 318 g/mol. The van der Waals surface area contributed by atoms with Crippen LogP contribution in [-0.4, -0.2) is 35.7 Å². The smallest absolute Gasteiger partial charge is 0.267 e. The zero-order chi connectivity index (χ0) is 18.2. The fourth-order valence-electron chi connectivity index (χ4n) is 2.33. The average Bonchev–Trinajstić information content (AvgIpc) is 2.65. The molecule has 0 bridgehead atoms. The van der Waals surface area contributed by atoms with E-state index in [0.717, 1.165) is 11.1 Å². The summed E-state index contributed by atoms with van der Waals surface area (Å²) >= 11 is 0. The van der Waals surface area contributed by atoms with Gasteiger partial charge in [-0.05, 0) is 23.3 Å². The van der Waals surface area contributed by atoms with Crippen molar-refractivity contribution >= 4 is 11.8 Å². The Bertz CT molecular complexity index is 700. The van der Waals surface area contributed by atoms with E-state index in [1.165, 1.54) is 0 Å². The predicted octanol–water partition coefficient (Wildman–Crippen LogP) is 1.96. The SMILES string of the molecule is CC(C)NC[C@H](NC(=O)c1ccc(-c2ccccc2)cc1)C(=O)NO. The number of hydroxylamine groups is 1. The number of hydrogen-bond acceptors (Lipinski definition) is 4. The van der Waals surface area contributed by atoms with Crippen LogP contribution in [0.5, 0.6) is 0 Å². The van der Waals surface area contributed by atoms with E-state index in [4.69, 9.17) is 5.21 Å². The van der Waals surface area contributed by atoms with Crippen LogP contribution >= 0.6 is 0 Å². The van der Waals surface area contributed by atoms with Crippen LogP contribution in [0.1, 0.15) is 24.2 Å². The van der Waals surface area contributed by atoms with Crippen molar-refractivity contribution in [3.8, 4) is 11.1 Å². The first-order valence-corrected chi connectivity index (χ1v) is 8.15. The predicted molar refractivity (Wildman–Crippen MR) is 96.2 cm³/mol. The maximum atomic E-state index is 12.4. The van der Waals surface area contributed by atoms with Crippen LogP contribution in [0.2, 0.25) is 0 Å². The standard InChI is InChI=1S/C19H23N3O3/c1-13(2)20-12-17(19(24)22-25)21-18(23)16-10-8-15(9-11-16)14-6-4-3-5-7-14/h3-11,13,17,20,25H,12H2,1-2H3,(H,21,23)(H,22,24)/t17-/m0/s1. The highest BCUT2D eigenvalue weighted by Crippen LogP contribution is 2.19. The van der Waals surface area contributed by atoms with Crippen molar-refractivity contribution in [1.82, 2.24) is 16.1 Å². The molecule has 0 aromatic heterocycles. The van der Waals surface area contributed by atoms with Crippen molar-refractivity contribution < 1.29 is 14.8 Å². The molecule has 6 nitrogen and oxygen atoms in total. The van der Waals surface area contributed by atoms with E-state index >= 15 is 0 Å². The van der Waals surface area contributed by atoms with Gasteiger partial charge in [-0.15, -0.1) is 0 Å². The van der Waals surface area contributed by atoms with Gasteiger partial charge >= 0.3 is 0 Å². The summed E-state index contributed by atoms with van der Waals surface area (Å²) in [6, 6.07) is 16.3. The minimum Gasteiger partial charge on any atom is -0.339 e. The van der Waals surface area contributed by atoms with Gasteiger partial charge in [0.25, 0.3) is 11.8 Å². The highest BCUT2D eigenvalue weighted by molar-refractivity contribution is 5.97. The zero-order valence-corrected chi connectivity index (χ0v) is 14.3. The van der Waals surface area contributed by atoms with E-state index in [2.05, 4.69) is 10.6 Å². The molecule has 2 aromatic carbocycles. The summed E-state index contributed by atoms with van der Waals surface area (Å²) in [5.74, 6) is -1.04. The lowest BCUT2D eigenvalue weighted by molar-refractivity contribution is -0.131. The van der Waals surface area contributed by atoms with E-state index in [1.807, 2.05) is 56.3 Å². The van der Waals surface area contributed by atoms with Gasteiger partial charge in [0.1, 0.15) is 6.04 Å². The van der Waals surface area contributed by atoms with Crippen molar-refractivity contribution in [2.24, 2.45) is 0 Å². The molecule has 0 radical (unpaired) electrons. The molecule has 0 aliphatic heterocycles. The van der Waals surface area contributed by atoms with E-state index < -0.39 is 11.9 Å². The maximum Gasteiger partial charge on any atom is 0.267 e. The minimum atomic E-state index is -0.867. The summed E-state index contributed by atoms with van der Waals surface area (Å²) in [5.41, 5.74) is 4.09. The van der Waals surface area contributed by atoms with Gasteiger partial charge in [-0.2, -0.15) is 0 Å². The van der Waals surface area contributed by atoms with Gasteiger partial charge in [0.15, 0.2) is 0 Å². The monoisotopic (exact) mass is 341 g/mol. The molecule has 2 rings (SSSR count). The van der Waals surface area contributed by atoms with Crippen molar-refractivity contribution in [3.05, 3.63) is 60.2 Å². The highest BCUT2D eigenvalue weighted by Gasteiger charge is 2.21. The molecule has 25 heavy (non-hydrogen) atoms. The first-order chi connectivity index (χ1) is 12.0. The van der Waals surface area contributed by atoms with E-state index in [0.29, 0.717) is 5.56 Å². The lowest BCUT2D eigenvalue weighted by atomic mass is 10.0. The van der Waals surface area contributed by atoms with Gasteiger partial charge in [0.2, 0.25) is 0 Å². The first kappa shape index (κ1) is 18.6. The molecule has 0 aliphatic carbocycles. The van der Waals surface area contributed by atoms with Gasteiger partial charge in [-0.1, -0.05) is 56.3 Å². The Hall–Kier alpha value is -2.70. The summed E-state index contributed by atoms with van der Waals surface area (Å²) in [6.45, 7) is 4.08. The minimum absolute atomic E-state index is 0.149. The third-order valence-corrected chi connectivity index (χ3v) is 3.72. The molecule has 6 heteroatoms. The second-order valence-corrected chi connectivity index (χ2v) is 6.01. The van der Waals surface area contributed by atoms with Crippen LogP contribution in [0.25, 0.3) is 11.1 Å². The van der Waals surface area contributed by atoms with E-state index in [9.17, 15) is 9.59 Å². The molecule has 0 aliphatic rings. The largest absolute Gasteiger partial charge is 0.339 e. The summed E-state index contributed by atoms with van der Waals surface area (Å²) in [4.78, 5) is 24.1. The summed E-state index contributed by atoms with van der Waals surface area (Å²) < 4.78 is 0. The van der Waals surface area contributed by atoms with Crippen LogP contribution in [0.15, 0.2) is 54.6 Å². The molecule has 0 spiro atoms. The molecule has 2 aromatic rings. The molecular formula is C19H23N3O3. The molecule has 0 fully saturated rings. The number of carbonyl (C=O) groups is 2. The third-order valence-electron chi connectivity index (χ3n) is 3.72. The first-order valence-electron chi connectivity index (χ1n) is 8.15. The number of nitrogens with one attached hydrogen (secondary N) is 3. The number of rotatable bonds is 7. The Morgan fingerprint density at radius 2 is 1.56 bits per heavy atom. The summed E-state index contributed by atoms with van der Waals surface area (Å²) in [6.07, 6.45) is 0. The second-order valence-electron chi connectivity index (χ2n) is 6.01.